The van der Waals surface area contributed by atoms with Crippen LogP contribution in [0.4, 0.5) is 4.39 Å². The molecule has 0 N–H and O–H groups in total. The molecule has 0 aliphatic rings. The van der Waals surface area contributed by atoms with Gasteiger partial charge in [-0.05, 0) is 52.7 Å². The van der Waals surface area contributed by atoms with Crippen molar-refractivity contribution in [3.05, 3.63) is 68.4 Å². The Balaban J connectivity index is 2.44. The van der Waals surface area contributed by atoms with Crippen LogP contribution in [0, 0.1) is 12.7 Å². The van der Waals surface area contributed by atoms with Gasteiger partial charge in [0, 0.05) is 20.6 Å². The number of halogens is 3. The molecule has 0 aromatic heterocycles. The molecular weight excluding hydrogens is 319 g/mol. The van der Waals surface area contributed by atoms with Crippen LogP contribution in [0.15, 0.2) is 40.9 Å². The Labute approximate surface area is 118 Å². The normalized spacial score (nSPS) is 10.4. The van der Waals surface area contributed by atoms with Gasteiger partial charge in [-0.3, -0.25) is 4.79 Å². The second-order valence-electron chi connectivity index (χ2n) is 3.92. The quantitative estimate of drug-likeness (QED) is 0.725. The fourth-order valence-electron chi connectivity index (χ4n) is 1.56. The number of hydrogen-bond acceptors (Lipinski definition) is 1. The van der Waals surface area contributed by atoms with Crippen LogP contribution in [-0.2, 0) is 0 Å². The van der Waals surface area contributed by atoms with Crippen LogP contribution in [0.5, 0.6) is 0 Å². The zero-order valence-electron chi connectivity index (χ0n) is 9.51. The monoisotopic (exact) mass is 326 g/mol. The van der Waals surface area contributed by atoms with Crippen molar-refractivity contribution < 1.29 is 9.18 Å². The molecule has 0 bridgehead atoms. The highest BCUT2D eigenvalue weighted by Gasteiger charge is 2.13. The predicted molar refractivity (Wildman–Crippen MR) is 73.7 cm³/mol. The Hall–Kier alpha value is -1.19. The van der Waals surface area contributed by atoms with Crippen molar-refractivity contribution in [2.45, 2.75) is 6.92 Å². The average Bonchev–Trinajstić information content (AvgIpc) is 2.32. The maximum absolute atomic E-state index is 13.0. The van der Waals surface area contributed by atoms with Crippen LogP contribution < -0.4 is 0 Å². The fraction of sp³-hybridized carbons (Fsp3) is 0.0714. The lowest BCUT2D eigenvalue weighted by Gasteiger charge is -2.05. The van der Waals surface area contributed by atoms with Gasteiger partial charge < -0.3 is 0 Å². The van der Waals surface area contributed by atoms with E-state index < -0.39 is 0 Å². The third kappa shape index (κ3) is 2.62. The van der Waals surface area contributed by atoms with Gasteiger partial charge in [0.2, 0.25) is 0 Å². The first-order valence-electron chi connectivity index (χ1n) is 5.25. The first-order valence-corrected chi connectivity index (χ1v) is 6.42. The highest BCUT2D eigenvalue weighted by atomic mass is 79.9. The molecule has 0 unspecified atom stereocenters. The zero-order chi connectivity index (χ0) is 13.3. The van der Waals surface area contributed by atoms with Crippen LogP contribution in [0.1, 0.15) is 21.5 Å². The number of hydrogen-bond donors (Lipinski definition) is 0. The van der Waals surface area contributed by atoms with Crippen molar-refractivity contribution >= 4 is 33.3 Å². The summed E-state index contributed by atoms with van der Waals surface area (Å²) >= 11 is 9.17. The van der Waals surface area contributed by atoms with Crippen LogP contribution >= 0.6 is 27.5 Å². The number of aryl methyl sites for hydroxylation is 1. The van der Waals surface area contributed by atoms with E-state index in [9.17, 15) is 9.18 Å². The van der Waals surface area contributed by atoms with Gasteiger partial charge in [-0.15, -0.1) is 0 Å². The lowest BCUT2D eigenvalue weighted by molar-refractivity contribution is 0.103. The van der Waals surface area contributed by atoms with E-state index in [2.05, 4.69) is 15.9 Å². The van der Waals surface area contributed by atoms with Gasteiger partial charge in [0.15, 0.2) is 5.78 Å². The summed E-state index contributed by atoms with van der Waals surface area (Å²) in [4.78, 5) is 12.2. The maximum atomic E-state index is 13.0. The molecule has 0 aliphatic carbocycles. The van der Waals surface area contributed by atoms with Crippen molar-refractivity contribution in [1.82, 2.24) is 0 Å². The van der Waals surface area contributed by atoms with E-state index in [0.717, 1.165) is 5.56 Å². The Morgan fingerprint density at radius 1 is 1.22 bits per heavy atom. The molecule has 2 aromatic carbocycles. The lowest BCUT2D eigenvalue weighted by Crippen LogP contribution is -2.03. The summed E-state index contributed by atoms with van der Waals surface area (Å²) < 4.78 is 13.4. The van der Waals surface area contributed by atoms with Gasteiger partial charge in [0.25, 0.3) is 0 Å². The summed E-state index contributed by atoms with van der Waals surface area (Å²) in [6, 6.07) is 9.09. The summed E-state index contributed by atoms with van der Waals surface area (Å²) in [5, 5.41) is 0.541. The van der Waals surface area contributed by atoms with Crippen molar-refractivity contribution in [3.63, 3.8) is 0 Å². The van der Waals surface area contributed by atoms with Crippen LogP contribution in [0.3, 0.4) is 0 Å². The molecule has 0 radical (unpaired) electrons. The molecule has 0 saturated heterocycles. The highest BCUT2D eigenvalue weighted by molar-refractivity contribution is 9.10. The predicted octanol–water partition coefficient (Wildman–Crippen LogP) is 4.78. The molecule has 0 spiro atoms. The summed E-state index contributed by atoms with van der Waals surface area (Å²) in [7, 11) is 0. The molecule has 2 rings (SSSR count). The summed E-state index contributed by atoms with van der Waals surface area (Å²) in [5.74, 6) is -0.580. The minimum absolute atomic E-state index is 0.191. The molecule has 0 atom stereocenters. The van der Waals surface area contributed by atoms with Crippen LogP contribution in [0.25, 0.3) is 0 Å². The largest absolute Gasteiger partial charge is 0.289 e. The third-order valence-electron chi connectivity index (χ3n) is 2.61. The highest BCUT2D eigenvalue weighted by Crippen LogP contribution is 2.23. The number of carbonyl (C=O) groups excluding carboxylic acids is 1. The molecule has 1 nitrogen and oxygen atoms in total. The van der Waals surface area contributed by atoms with Crippen LogP contribution in [0.2, 0.25) is 5.02 Å². The molecule has 0 aliphatic heterocycles. The molecule has 92 valence electrons. The molecular formula is C14H9BrClFO. The minimum Gasteiger partial charge on any atom is -0.289 e. The second kappa shape index (κ2) is 5.21. The van der Waals surface area contributed by atoms with E-state index in [1.54, 1.807) is 18.2 Å². The van der Waals surface area contributed by atoms with Crippen molar-refractivity contribution in [3.8, 4) is 0 Å². The average molecular weight is 328 g/mol. The molecule has 0 heterocycles. The van der Waals surface area contributed by atoms with E-state index in [1.165, 1.54) is 18.2 Å². The Morgan fingerprint density at radius 3 is 2.56 bits per heavy atom. The van der Waals surface area contributed by atoms with Gasteiger partial charge in [-0.25, -0.2) is 4.39 Å². The van der Waals surface area contributed by atoms with E-state index >= 15 is 0 Å². The van der Waals surface area contributed by atoms with E-state index in [1.807, 2.05) is 6.92 Å². The molecule has 0 fully saturated rings. The fourth-order valence-corrected chi connectivity index (χ4v) is 2.27. The minimum atomic E-state index is -0.389. The number of benzene rings is 2. The molecule has 0 saturated carbocycles. The van der Waals surface area contributed by atoms with E-state index in [0.29, 0.717) is 20.6 Å². The summed E-state index contributed by atoms with van der Waals surface area (Å²) in [6.07, 6.45) is 0. The third-order valence-corrected chi connectivity index (χ3v) is 3.67. The van der Waals surface area contributed by atoms with Gasteiger partial charge >= 0.3 is 0 Å². The van der Waals surface area contributed by atoms with Crippen LogP contribution in [-0.4, -0.2) is 5.78 Å². The molecule has 0 amide bonds. The Kier molecular flexibility index (Phi) is 3.83. The van der Waals surface area contributed by atoms with Gasteiger partial charge in [-0.2, -0.15) is 0 Å². The zero-order valence-corrected chi connectivity index (χ0v) is 11.8. The van der Waals surface area contributed by atoms with Crippen molar-refractivity contribution in [2.75, 3.05) is 0 Å². The molecule has 4 heteroatoms. The summed E-state index contributed by atoms with van der Waals surface area (Å²) in [5.41, 5.74) is 1.81. The maximum Gasteiger partial charge on any atom is 0.194 e. The number of ketones is 1. The van der Waals surface area contributed by atoms with Crippen molar-refractivity contribution in [1.29, 1.82) is 0 Å². The first kappa shape index (κ1) is 13.2. The Bertz CT molecular complexity index is 625. The SMILES string of the molecule is Cc1ccc(C(=O)c2ccc(F)cc2Br)cc1Cl. The second-order valence-corrected chi connectivity index (χ2v) is 5.18. The van der Waals surface area contributed by atoms with Crippen molar-refractivity contribution in [2.24, 2.45) is 0 Å². The molecule has 2 aromatic rings. The standard InChI is InChI=1S/C14H9BrClFO/c1-8-2-3-9(6-13(8)16)14(18)11-5-4-10(17)7-12(11)15/h2-7H,1H3. The summed E-state index contributed by atoms with van der Waals surface area (Å²) in [6.45, 7) is 1.87. The van der Waals surface area contributed by atoms with Gasteiger partial charge in [-0.1, -0.05) is 23.7 Å². The lowest BCUT2D eigenvalue weighted by atomic mass is 10.0. The number of carbonyl (C=O) groups is 1. The van der Waals surface area contributed by atoms with Gasteiger partial charge in [0.05, 0.1) is 0 Å². The van der Waals surface area contributed by atoms with E-state index in [-0.39, 0.29) is 11.6 Å². The first-order chi connectivity index (χ1) is 8.49. The van der Waals surface area contributed by atoms with E-state index in [4.69, 9.17) is 11.6 Å². The smallest absolute Gasteiger partial charge is 0.194 e. The van der Waals surface area contributed by atoms with Gasteiger partial charge in [0.1, 0.15) is 5.82 Å². The topological polar surface area (TPSA) is 17.1 Å². The Morgan fingerprint density at radius 2 is 1.94 bits per heavy atom. The number of rotatable bonds is 2. The molecule has 18 heavy (non-hydrogen) atoms.